The summed E-state index contributed by atoms with van der Waals surface area (Å²) in [5, 5.41) is 18.8. The van der Waals surface area contributed by atoms with Crippen molar-refractivity contribution < 1.29 is 32.9 Å². The van der Waals surface area contributed by atoms with E-state index in [2.05, 4.69) is 4.72 Å². The van der Waals surface area contributed by atoms with Crippen molar-refractivity contribution in [1.29, 1.82) is 0 Å². The summed E-state index contributed by atoms with van der Waals surface area (Å²) in [5.74, 6) is -0.737. The number of aliphatic carboxylic acids is 1. The zero-order valence-corrected chi connectivity index (χ0v) is 13.1. The van der Waals surface area contributed by atoms with Gasteiger partial charge in [-0.05, 0) is 6.07 Å². The molecule has 0 radical (unpaired) electrons. The molecular weight excluding hydrogens is 326 g/mol. The molecule has 1 fully saturated rings. The highest BCUT2D eigenvalue weighted by Gasteiger charge is 2.51. The van der Waals surface area contributed by atoms with Crippen LogP contribution in [0.3, 0.4) is 0 Å². The molecule has 1 saturated carbocycles. The van der Waals surface area contributed by atoms with Gasteiger partial charge < -0.3 is 19.7 Å². The fourth-order valence-corrected chi connectivity index (χ4v) is 4.04. The van der Waals surface area contributed by atoms with Crippen LogP contribution in [0.2, 0.25) is 0 Å². The first-order chi connectivity index (χ1) is 10.8. The quantitative estimate of drug-likeness (QED) is 0.669. The largest absolute Gasteiger partial charge is 0.485 e. The van der Waals surface area contributed by atoms with Gasteiger partial charge in [0.25, 0.3) is 0 Å². The summed E-state index contributed by atoms with van der Waals surface area (Å²) in [6.45, 7) is -0.497. The van der Waals surface area contributed by atoms with E-state index in [-0.39, 0.29) is 18.4 Å². The highest BCUT2D eigenvalue weighted by Crippen LogP contribution is 2.50. The highest BCUT2D eigenvalue weighted by molar-refractivity contribution is 7.88. The van der Waals surface area contributed by atoms with Crippen molar-refractivity contribution in [3.8, 4) is 11.5 Å². The van der Waals surface area contributed by atoms with Crippen LogP contribution in [0.1, 0.15) is 17.9 Å². The second-order valence-electron chi connectivity index (χ2n) is 5.76. The summed E-state index contributed by atoms with van der Waals surface area (Å²) < 4.78 is 36.5. The van der Waals surface area contributed by atoms with Crippen LogP contribution in [-0.2, 0) is 14.8 Å². The molecule has 3 rings (SSSR count). The van der Waals surface area contributed by atoms with Crippen molar-refractivity contribution in [1.82, 2.24) is 4.72 Å². The van der Waals surface area contributed by atoms with Crippen LogP contribution in [-0.4, -0.2) is 55.7 Å². The minimum absolute atomic E-state index is 0.283. The first-order valence-electron chi connectivity index (χ1n) is 7.06. The van der Waals surface area contributed by atoms with Crippen LogP contribution in [0.15, 0.2) is 18.2 Å². The second kappa shape index (κ2) is 5.66. The van der Waals surface area contributed by atoms with Gasteiger partial charge in [-0.25, -0.2) is 17.9 Å². The maximum Gasteiger partial charge on any atom is 0.341 e. The minimum atomic E-state index is -3.49. The average molecular weight is 343 g/mol. The number of fused-ring (bicyclic) bond motifs is 3. The van der Waals surface area contributed by atoms with Crippen molar-refractivity contribution in [3.05, 3.63) is 23.8 Å². The molecule has 8 nitrogen and oxygen atoms in total. The van der Waals surface area contributed by atoms with Crippen LogP contribution >= 0.6 is 0 Å². The normalized spacial score (nSPS) is 28.8. The van der Waals surface area contributed by atoms with E-state index in [0.29, 0.717) is 17.1 Å². The Kier molecular flexibility index (Phi) is 3.95. The van der Waals surface area contributed by atoms with Gasteiger partial charge >= 0.3 is 5.97 Å². The summed E-state index contributed by atoms with van der Waals surface area (Å²) in [7, 11) is -3.49. The lowest BCUT2D eigenvalue weighted by atomic mass is 9.94. The van der Waals surface area contributed by atoms with E-state index in [1.807, 2.05) is 0 Å². The molecule has 9 heteroatoms. The predicted octanol–water partition coefficient (Wildman–Crippen LogP) is -0.323. The van der Waals surface area contributed by atoms with Gasteiger partial charge in [0, 0.05) is 17.9 Å². The number of aliphatic hydroxyl groups is 1. The fraction of sp³-hybridized carbons (Fsp3) is 0.500. The summed E-state index contributed by atoms with van der Waals surface area (Å²) in [6.07, 6.45) is 0.0893. The standard InChI is InChI=1S/C14H17NO7S/c1-23(19,20)15-13-8(16)5-10-12(13)7-3-2-4-9(14(7)22-10)21-6-11(17)18/h2-4,8,10,12-13,15-16H,5-6H2,1H3,(H,17,18). The van der Waals surface area contributed by atoms with Crippen LogP contribution in [0.5, 0.6) is 11.5 Å². The number of hydrogen-bond acceptors (Lipinski definition) is 6. The molecule has 0 aromatic heterocycles. The lowest BCUT2D eigenvalue weighted by molar-refractivity contribution is -0.139. The number of rotatable bonds is 5. The monoisotopic (exact) mass is 343 g/mol. The number of benzene rings is 1. The summed E-state index contributed by atoms with van der Waals surface area (Å²) in [5.41, 5.74) is 0.704. The summed E-state index contributed by atoms with van der Waals surface area (Å²) in [6, 6.07) is 4.36. The molecule has 1 aliphatic heterocycles. The molecule has 23 heavy (non-hydrogen) atoms. The molecule has 2 aliphatic rings. The molecule has 1 aliphatic carbocycles. The third-order valence-electron chi connectivity index (χ3n) is 4.01. The van der Waals surface area contributed by atoms with E-state index >= 15 is 0 Å². The number of sulfonamides is 1. The summed E-state index contributed by atoms with van der Waals surface area (Å²) in [4.78, 5) is 10.6. The number of aliphatic hydroxyl groups excluding tert-OH is 1. The van der Waals surface area contributed by atoms with Gasteiger partial charge in [0.15, 0.2) is 18.1 Å². The van der Waals surface area contributed by atoms with E-state index in [9.17, 15) is 18.3 Å². The molecule has 1 heterocycles. The molecule has 0 saturated heterocycles. The Bertz CT molecular complexity index is 733. The molecule has 4 atom stereocenters. The van der Waals surface area contributed by atoms with E-state index in [4.69, 9.17) is 14.6 Å². The summed E-state index contributed by atoms with van der Waals surface area (Å²) >= 11 is 0. The van der Waals surface area contributed by atoms with Gasteiger partial charge in [-0.15, -0.1) is 0 Å². The Labute approximate surface area is 133 Å². The molecule has 0 amide bonds. The maximum absolute atomic E-state index is 11.5. The van der Waals surface area contributed by atoms with E-state index in [1.165, 1.54) is 0 Å². The minimum Gasteiger partial charge on any atom is -0.485 e. The average Bonchev–Trinajstić information content (AvgIpc) is 2.92. The van der Waals surface area contributed by atoms with Crippen LogP contribution in [0, 0.1) is 0 Å². The topological polar surface area (TPSA) is 122 Å². The highest BCUT2D eigenvalue weighted by atomic mass is 32.2. The molecule has 126 valence electrons. The number of nitrogens with one attached hydrogen (secondary N) is 1. The lowest BCUT2D eigenvalue weighted by Crippen LogP contribution is -2.42. The van der Waals surface area contributed by atoms with Crippen LogP contribution in [0.25, 0.3) is 0 Å². The number of ether oxygens (including phenoxy) is 2. The Morgan fingerprint density at radius 1 is 1.48 bits per heavy atom. The Morgan fingerprint density at radius 2 is 2.22 bits per heavy atom. The second-order valence-corrected chi connectivity index (χ2v) is 7.54. The van der Waals surface area contributed by atoms with Crippen LogP contribution in [0.4, 0.5) is 0 Å². The van der Waals surface area contributed by atoms with E-state index in [0.717, 1.165) is 6.26 Å². The Balaban J connectivity index is 1.91. The molecule has 1 aromatic rings. The van der Waals surface area contributed by atoms with Gasteiger partial charge in [0.05, 0.1) is 18.4 Å². The van der Waals surface area contributed by atoms with Crippen LogP contribution < -0.4 is 14.2 Å². The number of carbonyl (C=O) groups is 1. The first kappa shape index (κ1) is 16.0. The third-order valence-corrected chi connectivity index (χ3v) is 4.72. The van der Waals surface area contributed by atoms with Crippen molar-refractivity contribution in [2.75, 3.05) is 12.9 Å². The SMILES string of the molecule is CS(=O)(=O)NC1C(O)CC2Oc3c(OCC(=O)O)cccc3C21. The fourth-order valence-electron chi connectivity index (χ4n) is 3.24. The van der Waals surface area contributed by atoms with Crippen molar-refractivity contribution in [2.24, 2.45) is 0 Å². The van der Waals surface area contributed by atoms with Gasteiger partial charge in [0.2, 0.25) is 10.0 Å². The third kappa shape index (κ3) is 3.12. The molecule has 3 N–H and O–H groups in total. The number of carboxylic acid groups (broad SMARTS) is 1. The zero-order chi connectivity index (χ0) is 16.8. The molecule has 4 unspecified atom stereocenters. The van der Waals surface area contributed by atoms with E-state index < -0.39 is 34.7 Å². The lowest BCUT2D eigenvalue weighted by Gasteiger charge is -2.21. The Hall–Kier alpha value is -1.84. The van der Waals surface area contributed by atoms with Crippen molar-refractivity contribution >= 4 is 16.0 Å². The maximum atomic E-state index is 11.5. The smallest absolute Gasteiger partial charge is 0.341 e. The predicted molar refractivity (Wildman–Crippen MR) is 79.1 cm³/mol. The van der Waals surface area contributed by atoms with Crippen molar-refractivity contribution in [2.45, 2.75) is 30.6 Å². The number of hydrogen-bond donors (Lipinski definition) is 3. The molecule has 0 bridgehead atoms. The van der Waals surface area contributed by atoms with Gasteiger partial charge in [0.1, 0.15) is 6.10 Å². The molecule has 1 aromatic carbocycles. The van der Waals surface area contributed by atoms with E-state index in [1.54, 1.807) is 18.2 Å². The number of carboxylic acids is 1. The van der Waals surface area contributed by atoms with Crippen molar-refractivity contribution in [3.63, 3.8) is 0 Å². The number of para-hydroxylation sites is 1. The first-order valence-corrected chi connectivity index (χ1v) is 8.95. The Morgan fingerprint density at radius 3 is 2.87 bits per heavy atom. The van der Waals surface area contributed by atoms with Gasteiger partial charge in [-0.3, -0.25) is 0 Å². The zero-order valence-electron chi connectivity index (χ0n) is 12.3. The molecule has 0 spiro atoms. The molecular formula is C14H17NO7S. The van der Waals surface area contributed by atoms with Gasteiger partial charge in [-0.1, -0.05) is 12.1 Å². The van der Waals surface area contributed by atoms with Gasteiger partial charge in [-0.2, -0.15) is 0 Å².